The Kier molecular flexibility index (Phi) is 16.1. The van der Waals surface area contributed by atoms with E-state index in [9.17, 15) is 9.90 Å². The molecule has 5 heteroatoms. The number of aliphatic hydroxyl groups is 1. The van der Waals surface area contributed by atoms with E-state index in [-0.39, 0.29) is 12.1 Å². The minimum absolute atomic E-state index is 0.138. The van der Waals surface area contributed by atoms with E-state index in [1.807, 2.05) is 0 Å². The SMILES string of the molecule is CCCCCC[C@@H](O)C/C(Cl)=C(/Cl)CCCCCCCC(=O)OC. The number of carbonyl (C=O) groups excluding carboxylic acids is 1. The molecule has 0 aromatic heterocycles. The number of methoxy groups -OCH3 is 1. The lowest BCUT2D eigenvalue weighted by Crippen LogP contribution is -2.06. The molecule has 0 heterocycles. The van der Waals surface area contributed by atoms with Crippen molar-refractivity contribution >= 4 is 29.2 Å². The normalized spacial score (nSPS) is 13.5. The summed E-state index contributed by atoms with van der Waals surface area (Å²) >= 11 is 12.5. The second-order valence-electron chi connectivity index (χ2n) is 6.36. The van der Waals surface area contributed by atoms with Gasteiger partial charge in [0.1, 0.15) is 0 Å². The van der Waals surface area contributed by atoms with Crippen molar-refractivity contribution in [2.24, 2.45) is 0 Å². The van der Waals surface area contributed by atoms with Gasteiger partial charge < -0.3 is 9.84 Å². The summed E-state index contributed by atoms with van der Waals surface area (Å²) in [4.78, 5) is 11.0. The van der Waals surface area contributed by atoms with Gasteiger partial charge in [0.2, 0.25) is 0 Å². The largest absolute Gasteiger partial charge is 0.469 e. The standard InChI is InChI=1S/C19H34Cl2O3/c1-3-4-5-9-12-16(22)15-18(21)17(20)13-10-7-6-8-11-14-19(23)24-2/h16,22H,3-15H2,1-2H3/b18-17-/t16-/m1/s1. The zero-order valence-electron chi connectivity index (χ0n) is 15.3. The van der Waals surface area contributed by atoms with Crippen molar-refractivity contribution in [1.29, 1.82) is 0 Å². The summed E-state index contributed by atoms with van der Waals surface area (Å²) in [5.74, 6) is -0.138. The first-order chi connectivity index (χ1) is 11.5. The molecule has 3 nitrogen and oxygen atoms in total. The number of hydrogen-bond donors (Lipinski definition) is 1. The van der Waals surface area contributed by atoms with Crippen molar-refractivity contribution in [2.45, 2.75) is 96.5 Å². The summed E-state index contributed by atoms with van der Waals surface area (Å²) < 4.78 is 4.61. The van der Waals surface area contributed by atoms with Crippen LogP contribution in [0.1, 0.15) is 90.4 Å². The molecule has 0 rings (SSSR count). The molecule has 0 amide bonds. The second-order valence-corrected chi connectivity index (χ2v) is 7.27. The number of hydrogen-bond acceptors (Lipinski definition) is 3. The highest BCUT2D eigenvalue weighted by Gasteiger charge is 2.10. The topological polar surface area (TPSA) is 46.5 Å². The van der Waals surface area contributed by atoms with Crippen LogP contribution in [0, 0.1) is 0 Å². The zero-order valence-corrected chi connectivity index (χ0v) is 16.8. The van der Waals surface area contributed by atoms with Gasteiger partial charge in [0, 0.05) is 22.9 Å². The van der Waals surface area contributed by atoms with Crippen LogP contribution in [0.2, 0.25) is 0 Å². The van der Waals surface area contributed by atoms with Gasteiger partial charge in [-0.3, -0.25) is 4.79 Å². The second kappa shape index (κ2) is 16.2. The molecular formula is C19H34Cl2O3. The third kappa shape index (κ3) is 14.1. The summed E-state index contributed by atoms with van der Waals surface area (Å²) in [5, 5.41) is 11.3. The number of aliphatic hydroxyl groups excluding tert-OH is 1. The molecule has 24 heavy (non-hydrogen) atoms. The van der Waals surface area contributed by atoms with Gasteiger partial charge in [-0.15, -0.1) is 0 Å². The lowest BCUT2D eigenvalue weighted by molar-refractivity contribution is -0.140. The average molecular weight is 381 g/mol. The van der Waals surface area contributed by atoms with Gasteiger partial charge in [-0.2, -0.15) is 0 Å². The zero-order chi connectivity index (χ0) is 18.2. The van der Waals surface area contributed by atoms with Crippen LogP contribution >= 0.6 is 23.2 Å². The van der Waals surface area contributed by atoms with Crippen LogP contribution in [-0.4, -0.2) is 24.3 Å². The van der Waals surface area contributed by atoms with E-state index >= 15 is 0 Å². The molecular weight excluding hydrogens is 347 g/mol. The number of rotatable bonds is 15. The average Bonchev–Trinajstić information content (AvgIpc) is 2.57. The Labute approximate surface area is 157 Å². The van der Waals surface area contributed by atoms with E-state index in [2.05, 4.69) is 11.7 Å². The number of esters is 1. The molecule has 1 atom stereocenters. The highest BCUT2D eigenvalue weighted by Crippen LogP contribution is 2.25. The first-order valence-corrected chi connectivity index (χ1v) is 10.0. The summed E-state index contributed by atoms with van der Waals surface area (Å²) in [6, 6.07) is 0. The Morgan fingerprint density at radius 3 is 2.12 bits per heavy atom. The van der Waals surface area contributed by atoms with E-state index in [4.69, 9.17) is 23.2 Å². The lowest BCUT2D eigenvalue weighted by atomic mass is 10.1. The van der Waals surface area contributed by atoms with Gasteiger partial charge in [-0.25, -0.2) is 0 Å². The van der Waals surface area contributed by atoms with Gasteiger partial charge in [-0.1, -0.05) is 75.1 Å². The van der Waals surface area contributed by atoms with Gasteiger partial charge in [-0.05, 0) is 25.7 Å². The summed E-state index contributed by atoms with van der Waals surface area (Å²) in [7, 11) is 1.42. The Bertz CT molecular complexity index is 357. The third-order valence-electron chi connectivity index (χ3n) is 4.10. The van der Waals surface area contributed by atoms with Gasteiger partial charge in [0.15, 0.2) is 0 Å². The minimum atomic E-state index is -0.388. The molecule has 0 aliphatic rings. The van der Waals surface area contributed by atoms with E-state index in [0.29, 0.717) is 22.9 Å². The van der Waals surface area contributed by atoms with E-state index in [1.165, 1.54) is 26.4 Å². The molecule has 1 N–H and O–H groups in total. The lowest BCUT2D eigenvalue weighted by Gasteiger charge is -2.11. The fourth-order valence-electron chi connectivity index (χ4n) is 2.54. The Morgan fingerprint density at radius 1 is 0.917 bits per heavy atom. The first-order valence-electron chi connectivity index (χ1n) is 9.29. The quantitative estimate of drug-likeness (QED) is 0.267. The van der Waals surface area contributed by atoms with Crippen LogP contribution < -0.4 is 0 Å². The monoisotopic (exact) mass is 380 g/mol. The number of unbranched alkanes of at least 4 members (excludes halogenated alkanes) is 7. The first kappa shape index (κ1) is 23.8. The van der Waals surface area contributed by atoms with Gasteiger partial charge in [0.05, 0.1) is 13.2 Å². The van der Waals surface area contributed by atoms with Crippen LogP contribution in [0.25, 0.3) is 0 Å². The van der Waals surface area contributed by atoms with Crippen molar-refractivity contribution < 1.29 is 14.6 Å². The molecule has 0 spiro atoms. The van der Waals surface area contributed by atoms with Crippen LogP contribution in [0.15, 0.2) is 10.1 Å². The molecule has 0 bridgehead atoms. The molecule has 0 aromatic rings. The van der Waals surface area contributed by atoms with Crippen LogP contribution in [0.5, 0.6) is 0 Å². The van der Waals surface area contributed by atoms with E-state index in [1.54, 1.807) is 0 Å². The predicted molar refractivity (Wildman–Crippen MR) is 102 cm³/mol. The maximum atomic E-state index is 11.0. The van der Waals surface area contributed by atoms with Crippen LogP contribution in [0.4, 0.5) is 0 Å². The molecule has 0 unspecified atom stereocenters. The maximum Gasteiger partial charge on any atom is 0.305 e. The van der Waals surface area contributed by atoms with Gasteiger partial charge >= 0.3 is 5.97 Å². The van der Waals surface area contributed by atoms with E-state index < -0.39 is 0 Å². The summed E-state index contributed by atoms with van der Waals surface area (Å²) in [5.41, 5.74) is 0. The number of ether oxygens (including phenoxy) is 1. The molecule has 142 valence electrons. The number of halogens is 2. The van der Waals surface area contributed by atoms with E-state index in [0.717, 1.165) is 51.4 Å². The minimum Gasteiger partial charge on any atom is -0.469 e. The highest BCUT2D eigenvalue weighted by molar-refractivity contribution is 6.39. The molecule has 0 aliphatic carbocycles. The van der Waals surface area contributed by atoms with Crippen molar-refractivity contribution in [3.63, 3.8) is 0 Å². The van der Waals surface area contributed by atoms with Crippen molar-refractivity contribution in [3.05, 3.63) is 10.1 Å². The fraction of sp³-hybridized carbons (Fsp3) is 0.842. The van der Waals surface area contributed by atoms with Crippen molar-refractivity contribution in [3.8, 4) is 0 Å². The number of carbonyl (C=O) groups is 1. The molecule has 0 radical (unpaired) electrons. The fourth-order valence-corrected chi connectivity index (χ4v) is 3.03. The number of allylic oxidation sites excluding steroid dienone is 1. The maximum absolute atomic E-state index is 11.0. The predicted octanol–water partition coefficient (Wildman–Crippen LogP) is 6.30. The Morgan fingerprint density at radius 2 is 1.50 bits per heavy atom. The molecule has 0 saturated heterocycles. The molecule has 0 aliphatic heterocycles. The Hall–Kier alpha value is -0.250. The Balaban J connectivity index is 3.73. The summed E-state index contributed by atoms with van der Waals surface area (Å²) in [6.07, 6.45) is 11.8. The summed E-state index contributed by atoms with van der Waals surface area (Å²) in [6.45, 7) is 2.18. The molecule has 0 aromatic carbocycles. The molecule has 0 fully saturated rings. The highest BCUT2D eigenvalue weighted by atomic mass is 35.5. The smallest absolute Gasteiger partial charge is 0.305 e. The third-order valence-corrected chi connectivity index (χ3v) is 5.00. The van der Waals surface area contributed by atoms with Crippen LogP contribution in [0.3, 0.4) is 0 Å². The van der Waals surface area contributed by atoms with Gasteiger partial charge in [0.25, 0.3) is 0 Å². The molecule has 0 saturated carbocycles. The van der Waals surface area contributed by atoms with Crippen molar-refractivity contribution in [2.75, 3.05) is 7.11 Å². The van der Waals surface area contributed by atoms with Crippen molar-refractivity contribution in [1.82, 2.24) is 0 Å². The van der Waals surface area contributed by atoms with Crippen LogP contribution in [-0.2, 0) is 9.53 Å².